The minimum atomic E-state index is 0.688. The molecule has 1 saturated carbocycles. The normalized spacial score (nSPS) is 15.0. The highest BCUT2D eigenvalue weighted by Crippen LogP contribution is 2.28. The Kier molecular flexibility index (Phi) is 3.64. The van der Waals surface area contributed by atoms with Gasteiger partial charge in [-0.3, -0.25) is 0 Å². The average Bonchev–Trinajstić information content (AvgIpc) is 3.13. The van der Waals surface area contributed by atoms with Crippen LogP contribution < -0.4 is 5.32 Å². The van der Waals surface area contributed by atoms with Gasteiger partial charge in [-0.05, 0) is 43.7 Å². The molecule has 0 atom stereocenters. The summed E-state index contributed by atoms with van der Waals surface area (Å²) >= 11 is 0. The van der Waals surface area contributed by atoms with Crippen LogP contribution >= 0.6 is 0 Å². The number of nitrogens with zero attached hydrogens (tertiary/aromatic N) is 3. The summed E-state index contributed by atoms with van der Waals surface area (Å²) in [6, 6.07) is 4.02. The second kappa shape index (κ2) is 5.57. The summed E-state index contributed by atoms with van der Waals surface area (Å²) < 4.78 is 7.39. The van der Waals surface area contributed by atoms with Gasteiger partial charge < -0.3 is 10.1 Å². The Balaban J connectivity index is 1.42. The van der Waals surface area contributed by atoms with Crippen molar-refractivity contribution in [3.63, 3.8) is 0 Å². The van der Waals surface area contributed by atoms with Crippen molar-refractivity contribution in [2.45, 2.75) is 26.2 Å². The van der Waals surface area contributed by atoms with E-state index in [0.717, 1.165) is 37.7 Å². The largest absolute Gasteiger partial charge is 0.381 e. The van der Waals surface area contributed by atoms with Gasteiger partial charge in [0.1, 0.15) is 0 Å². The van der Waals surface area contributed by atoms with Crippen LogP contribution in [0, 0.1) is 12.8 Å². The number of pyridine rings is 1. The van der Waals surface area contributed by atoms with E-state index in [1.807, 2.05) is 25.3 Å². The average molecular weight is 260 g/mol. The number of anilines is 1. The molecule has 102 valence electrons. The maximum absolute atomic E-state index is 5.58. The van der Waals surface area contributed by atoms with Crippen LogP contribution in [-0.2, 0) is 4.74 Å². The highest BCUT2D eigenvalue weighted by Gasteiger charge is 2.20. The van der Waals surface area contributed by atoms with Crippen molar-refractivity contribution >= 4 is 11.6 Å². The topological polar surface area (TPSA) is 51.5 Å². The molecule has 1 aliphatic carbocycles. The van der Waals surface area contributed by atoms with Crippen molar-refractivity contribution < 1.29 is 4.74 Å². The SMILES string of the molecule is Cc1ccc2nc(NCCCOCC3CC3)nn2c1. The van der Waals surface area contributed by atoms with E-state index >= 15 is 0 Å². The highest BCUT2D eigenvalue weighted by atomic mass is 16.5. The molecule has 2 aromatic rings. The second-order valence-corrected chi connectivity index (χ2v) is 5.24. The van der Waals surface area contributed by atoms with Gasteiger partial charge in [-0.1, -0.05) is 6.07 Å². The first-order valence-corrected chi connectivity index (χ1v) is 6.96. The van der Waals surface area contributed by atoms with Crippen LogP contribution in [0.3, 0.4) is 0 Å². The minimum Gasteiger partial charge on any atom is -0.381 e. The number of ether oxygens (including phenoxy) is 1. The summed E-state index contributed by atoms with van der Waals surface area (Å²) in [5.41, 5.74) is 2.05. The predicted octanol–water partition coefficient (Wildman–Crippen LogP) is 2.27. The first-order chi connectivity index (χ1) is 9.31. The fourth-order valence-corrected chi connectivity index (χ4v) is 1.97. The molecule has 5 nitrogen and oxygen atoms in total. The zero-order chi connectivity index (χ0) is 13.1. The monoisotopic (exact) mass is 260 g/mol. The quantitative estimate of drug-likeness (QED) is 0.776. The predicted molar refractivity (Wildman–Crippen MR) is 74.4 cm³/mol. The summed E-state index contributed by atoms with van der Waals surface area (Å²) in [5, 5.41) is 7.62. The molecule has 5 heteroatoms. The van der Waals surface area contributed by atoms with Crippen LogP contribution in [-0.4, -0.2) is 34.4 Å². The van der Waals surface area contributed by atoms with Gasteiger partial charge in [-0.15, -0.1) is 5.10 Å². The van der Waals surface area contributed by atoms with Crippen molar-refractivity contribution in [1.82, 2.24) is 14.6 Å². The zero-order valence-corrected chi connectivity index (χ0v) is 11.3. The summed E-state index contributed by atoms with van der Waals surface area (Å²) in [4.78, 5) is 4.41. The third-order valence-electron chi connectivity index (χ3n) is 3.28. The Morgan fingerprint density at radius 1 is 1.42 bits per heavy atom. The minimum absolute atomic E-state index is 0.688. The molecular weight excluding hydrogens is 240 g/mol. The second-order valence-electron chi connectivity index (χ2n) is 5.24. The highest BCUT2D eigenvalue weighted by molar-refractivity contribution is 5.43. The van der Waals surface area contributed by atoms with Gasteiger partial charge in [0.15, 0.2) is 5.65 Å². The molecule has 0 radical (unpaired) electrons. The molecule has 1 aliphatic rings. The molecule has 1 fully saturated rings. The number of hydrogen-bond donors (Lipinski definition) is 1. The van der Waals surface area contributed by atoms with E-state index in [1.165, 1.54) is 18.4 Å². The Morgan fingerprint density at radius 2 is 2.32 bits per heavy atom. The number of fused-ring (bicyclic) bond motifs is 1. The van der Waals surface area contributed by atoms with Crippen LogP contribution in [0.5, 0.6) is 0 Å². The van der Waals surface area contributed by atoms with Crippen molar-refractivity contribution in [3.05, 3.63) is 23.9 Å². The lowest BCUT2D eigenvalue weighted by molar-refractivity contribution is 0.124. The van der Waals surface area contributed by atoms with Crippen LogP contribution in [0.1, 0.15) is 24.8 Å². The fraction of sp³-hybridized carbons (Fsp3) is 0.571. The van der Waals surface area contributed by atoms with Crippen molar-refractivity contribution in [1.29, 1.82) is 0 Å². The van der Waals surface area contributed by atoms with Crippen molar-refractivity contribution in [2.75, 3.05) is 25.1 Å². The Labute approximate surface area is 113 Å². The molecule has 19 heavy (non-hydrogen) atoms. The van der Waals surface area contributed by atoms with Gasteiger partial charge in [0.25, 0.3) is 0 Å². The first-order valence-electron chi connectivity index (χ1n) is 6.96. The van der Waals surface area contributed by atoms with Crippen molar-refractivity contribution in [2.24, 2.45) is 5.92 Å². The van der Waals surface area contributed by atoms with E-state index < -0.39 is 0 Å². The molecule has 0 bridgehead atoms. The van der Waals surface area contributed by atoms with Gasteiger partial charge >= 0.3 is 0 Å². The maximum atomic E-state index is 5.58. The van der Waals surface area contributed by atoms with Crippen LogP contribution in [0.25, 0.3) is 5.65 Å². The summed E-state index contributed by atoms with van der Waals surface area (Å²) in [7, 11) is 0. The van der Waals surface area contributed by atoms with Gasteiger partial charge in [0.2, 0.25) is 5.95 Å². The molecule has 0 unspecified atom stereocenters. The van der Waals surface area contributed by atoms with Crippen LogP contribution in [0.2, 0.25) is 0 Å². The summed E-state index contributed by atoms with van der Waals surface area (Å²) in [6.45, 7) is 4.65. The lowest BCUT2D eigenvalue weighted by Gasteiger charge is -2.03. The van der Waals surface area contributed by atoms with Crippen molar-refractivity contribution in [3.8, 4) is 0 Å². The maximum Gasteiger partial charge on any atom is 0.243 e. The number of nitrogens with one attached hydrogen (secondary N) is 1. The molecule has 0 spiro atoms. The Hall–Kier alpha value is -1.62. The first kappa shape index (κ1) is 12.4. The van der Waals surface area contributed by atoms with E-state index in [9.17, 15) is 0 Å². The van der Waals surface area contributed by atoms with E-state index in [4.69, 9.17) is 4.74 Å². The number of hydrogen-bond acceptors (Lipinski definition) is 4. The Morgan fingerprint density at radius 3 is 3.16 bits per heavy atom. The molecule has 0 amide bonds. The van der Waals surface area contributed by atoms with Gasteiger partial charge in [-0.25, -0.2) is 4.52 Å². The lowest BCUT2D eigenvalue weighted by Crippen LogP contribution is -2.07. The van der Waals surface area contributed by atoms with Gasteiger partial charge in [-0.2, -0.15) is 4.98 Å². The van der Waals surface area contributed by atoms with Gasteiger partial charge in [0, 0.05) is 26.0 Å². The molecular formula is C14H20N4O. The lowest BCUT2D eigenvalue weighted by atomic mass is 10.3. The van der Waals surface area contributed by atoms with E-state index in [-0.39, 0.29) is 0 Å². The Bertz CT molecular complexity index is 547. The number of rotatable bonds is 7. The van der Waals surface area contributed by atoms with E-state index in [0.29, 0.717) is 5.95 Å². The smallest absolute Gasteiger partial charge is 0.243 e. The fourth-order valence-electron chi connectivity index (χ4n) is 1.97. The van der Waals surface area contributed by atoms with Gasteiger partial charge in [0.05, 0.1) is 0 Å². The number of aryl methyl sites for hydroxylation is 1. The summed E-state index contributed by atoms with van der Waals surface area (Å²) in [6.07, 6.45) is 5.67. The van der Waals surface area contributed by atoms with E-state index in [1.54, 1.807) is 4.52 Å². The van der Waals surface area contributed by atoms with E-state index in [2.05, 4.69) is 15.4 Å². The molecule has 0 saturated heterocycles. The summed E-state index contributed by atoms with van der Waals surface area (Å²) in [5.74, 6) is 1.53. The molecule has 0 aromatic carbocycles. The molecule has 2 aromatic heterocycles. The molecule has 0 aliphatic heterocycles. The molecule has 2 heterocycles. The standard InChI is InChI=1S/C14H20N4O/c1-11-3-6-13-16-14(17-18(13)9-11)15-7-2-8-19-10-12-4-5-12/h3,6,9,12H,2,4-5,7-8,10H2,1H3,(H,15,17). The van der Waals surface area contributed by atoms with Crippen LogP contribution in [0.4, 0.5) is 5.95 Å². The number of aromatic nitrogens is 3. The molecule has 3 rings (SSSR count). The zero-order valence-electron chi connectivity index (χ0n) is 11.3. The third-order valence-corrected chi connectivity index (χ3v) is 3.28. The third kappa shape index (κ3) is 3.44. The van der Waals surface area contributed by atoms with Crippen LogP contribution in [0.15, 0.2) is 18.3 Å². The molecule has 1 N–H and O–H groups in total.